The number of hydrogen-bond donors (Lipinski definition) is 0. The number of nitriles is 1. The maximum absolute atomic E-state index is 10.6. The van der Waals surface area contributed by atoms with Gasteiger partial charge in [0.25, 0.3) is 5.69 Å². The molecule has 0 aromatic heterocycles. The average Bonchev–Trinajstić information content (AvgIpc) is 2.48. The highest BCUT2D eigenvalue weighted by atomic mass is 32.1. The van der Waals surface area contributed by atoms with Crippen LogP contribution in [0.4, 0.5) is 5.69 Å². The van der Waals surface area contributed by atoms with Crippen molar-refractivity contribution < 1.29 is 14.4 Å². The van der Waals surface area contributed by atoms with E-state index in [2.05, 4.69) is 0 Å². The van der Waals surface area contributed by atoms with Crippen LogP contribution in [-0.2, 0) is 0 Å². The van der Waals surface area contributed by atoms with Gasteiger partial charge in [-0.25, -0.2) is 0 Å². The molecule has 2 aromatic rings. The zero-order chi connectivity index (χ0) is 15.2. The molecular weight excluding hydrogens is 292 g/mol. The fourth-order valence-electron chi connectivity index (χ4n) is 1.47. The standard InChI is InChI=1S/C14H8N2O4S/c15-9-10-4-6-12(7-5-10)19-14(21)20-13-3-1-2-11(8-13)16(17)18/h1-8H. The second-order valence-electron chi connectivity index (χ2n) is 3.84. The van der Waals surface area contributed by atoms with Crippen LogP contribution in [0, 0.1) is 21.4 Å². The van der Waals surface area contributed by atoms with Crippen LogP contribution in [-0.4, -0.2) is 10.2 Å². The van der Waals surface area contributed by atoms with Crippen LogP contribution in [0.15, 0.2) is 48.5 Å². The van der Waals surface area contributed by atoms with Gasteiger partial charge in [0.2, 0.25) is 0 Å². The normalized spacial score (nSPS) is 9.48. The zero-order valence-electron chi connectivity index (χ0n) is 10.6. The number of rotatable bonds is 3. The maximum atomic E-state index is 10.6. The van der Waals surface area contributed by atoms with Crippen LogP contribution in [0.2, 0.25) is 0 Å². The lowest BCUT2D eigenvalue weighted by Crippen LogP contribution is -2.13. The van der Waals surface area contributed by atoms with E-state index in [-0.39, 0.29) is 16.7 Å². The Kier molecular flexibility index (Phi) is 4.43. The van der Waals surface area contributed by atoms with Gasteiger partial charge in [0.05, 0.1) is 22.6 Å². The van der Waals surface area contributed by atoms with Gasteiger partial charge >= 0.3 is 5.24 Å². The van der Waals surface area contributed by atoms with E-state index in [4.69, 9.17) is 27.0 Å². The first kappa shape index (κ1) is 14.4. The summed E-state index contributed by atoms with van der Waals surface area (Å²) in [6.07, 6.45) is 0. The van der Waals surface area contributed by atoms with E-state index in [1.807, 2.05) is 6.07 Å². The third kappa shape index (κ3) is 3.99. The highest BCUT2D eigenvalue weighted by Crippen LogP contribution is 2.20. The summed E-state index contributed by atoms with van der Waals surface area (Å²) in [5.41, 5.74) is 0.390. The molecule has 2 aromatic carbocycles. The summed E-state index contributed by atoms with van der Waals surface area (Å²) in [4.78, 5) is 10.1. The zero-order valence-corrected chi connectivity index (χ0v) is 11.4. The maximum Gasteiger partial charge on any atom is 0.363 e. The first-order valence-electron chi connectivity index (χ1n) is 5.73. The van der Waals surface area contributed by atoms with Crippen molar-refractivity contribution in [3.63, 3.8) is 0 Å². The van der Waals surface area contributed by atoms with Crippen molar-refractivity contribution in [2.24, 2.45) is 0 Å². The summed E-state index contributed by atoms with van der Waals surface area (Å²) in [6, 6.07) is 13.9. The third-order valence-electron chi connectivity index (χ3n) is 2.41. The molecule has 0 aliphatic carbocycles. The Morgan fingerprint density at radius 1 is 1.14 bits per heavy atom. The molecule has 0 atom stereocenters. The van der Waals surface area contributed by atoms with Gasteiger partial charge in [-0.3, -0.25) is 10.1 Å². The third-order valence-corrected chi connectivity index (χ3v) is 2.58. The molecule has 6 nitrogen and oxygen atoms in total. The number of non-ortho nitro benzene ring substituents is 1. The lowest BCUT2D eigenvalue weighted by molar-refractivity contribution is -0.384. The van der Waals surface area contributed by atoms with Crippen molar-refractivity contribution in [2.45, 2.75) is 0 Å². The molecule has 0 fully saturated rings. The summed E-state index contributed by atoms with van der Waals surface area (Å²) in [6.45, 7) is 0. The number of nitro benzene ring substituents is 1. The molecule has 21 heavy (non-hydrogen) atoms. The number of nitrogens with zero attached hydrogens (tertiary/aromatic N) is 2. The Bertz CT molecular complexity index is 722. The quantitative estimate of drug-likeness (QED) is 0.491. The van der Waals surface area contributed by atoms with Crippen molar-refractivity contribution in [1.82, 2.24) is 0 Å². The van der Waals surface area contributed by atoms with Gasteiger partial charge in [-0.2, -0.15) is 5.26 Å². The van der Waals surface area contributed by atoms with Crippen molar-refractivity contribution in [3.05, 3.63) is 64.2 Å². The van der Waals surface area contributed by atoms with Gasteiger partial charge in [0.15, 0.2) is 0 Å². The monoisotopic (exact) mass is 300 g/mol. The van der Waals surface area contributed by atoms with Crippen LogP contribution in [0.1, 0.15) is 5.56 Å². The Balaban J connectivity index is 2.02. The second-order valence-corrected chi connectivity index (χ2v) is 4.18. The minimum Gasteiger partial charge on any atom is -0.417 e. The largest absolute Gasteiger partial charge is 0.417 e. The van der Waals surface area contributed by atoms with E-state index < -0.39 is 4.92 Å². The minimum atomic E-state index is -0.530. The Morgan fingerprint density at radius 3 is 2.43 bits per heavy atom. The summed E-state index contributed by atoms with van der Waals surface area (Å²) in [7, 11) is 0. The van der Waals surface area contributed by atoms with Crippen LogP contribution in [0.5, 0.6) is 11.5 Å². The molecule has 104 valence electrons. The highest BCUT2D eigenvalue weighted by Gasteiger charge is 2.09. The highest BCUT2D eigenvalue weighted by molar-refractivity contribution is 7.79. The Labute approximate surface area is 125 Å². The molecule has 0 N–H and O–H groups in total. The Hall–Kier alpha value is -2.98. The molecule has 0 saturated carbocycles. The molecule has 0 unspecified atom stereocenters. The predicted molar refractivity (Wildman–Crippen MR) is 78.1 cm³/mol. The smallest absolute Gasteiger partial charge is 0.363 e. The van der Waals surface area contributed by atoms with E-state index in [0.29, 0.717) is 11.3 Å². The lowest BCUT2D eigenvalue weighted by Gasteiger charge is -2.08. The van der Waals surface area contributed by atoms with Crippen LogP contribution < -0.4 is 9.47 Å². The molecule has 0 bridgehead atoms. The van der Waals surface area contributed by atoms with Gasteiger partial charge in [-0.1, -0.05) is 6.07 Å². The average molecular weight is 300 g/mol. The topological polar surface area (TPSA) is 85.4 Å². The fraction of sp³-hybridized carbons (Fsp3) is 0. The van der Waals surface area contributed by atoms with Gasteiger partial charge in [-0.15, -0.1) is 0 Å². The summed E-state index contributed by atoms with van der Waals surface area (Å²) < 4.78 is 10.5. The van der Waals surface area contributed by atoms with Crippen molar-refractivity contribution in [2.75, 3.05) is 0 Å². The first-order chi connectivity index (χ1) is 10.1. The first-order valence-corrected chi connectivity index (χ1v) is 6.13. The van der Waals surface area contributed by atoms with Gasteiger partial charge in [-0.05, 0) is 30.3 Å². The predicted octanol–water partition coefficient (Wildman–Crippen LogP) is 3.21. The van der Waals surface area contributed by atoms with Gasteiger partial charge in [0.1, 0.15) is 11.5 Å². The molecule has 0 spiro atoms. The minimum absolute atomic E-state index is 0.103. The van der Waals surface area contributed by atoms with Gasteiger partial charge < -0.3 is 9.47 Å². The molecular formula is C14H8N2O4S. The van der Waals surface area contributed by atoms with E-state index >= 15 is 0 Å². The SMILES string of the molecule is N#Cc1ccc(OC(=S)Oc2cccc([N+](=O)[O-])c2)cc1. The van der Waals surface area contributed by atoms with Crippen molar-refractivity contribution in [1.29, 1.82) is 5.26 Å². The summed E-state index contributed by atoms with van der Waals surface area (Å²) in [5.74, 6) is 0.618. The number of hydrogen-bond acceptors (Lipinski definition) is 6. The number of nitro groups is 1. The van der Waals surface area contributed by atoms with E-state index in [9.17, 15) is 10.1 Å². The molecule has 0 radical (unpaired) electrons. The number of thiocarbonyl (C=S) groups is 1. The molecule has 0 aliphatic rings. The molecule has 0 aliphatic heterocycles. The second kappa shape index (κ2) is 6.45. The van der Waals surface area contributed by atoms with E-state index in [0.717, 1.165) is 0 Å². The van der Waals surface area contributed by atoms with Crippen LogP contribution in [0.3, 0.4) is 0 Å². The summed E-state index contributed by atoms with van der Waals surface area (Å²) in [5, 5.41) is 19.1. The van der Waals surface area contributed by atoms with Crippen molar-refractivity contribution in [3.8, 4) is 17.6 Å². The summed E-state index contributed by atoms with van der Waals surface area (Å²) >= 11 is 4.91. The molecule has 0 heterocycles. The molecule has 7 heteroatoms. The van der Waals surface area contributed by atoms with E-state index in [1.165, 1.54) is 24.3 Å². The van der Waals surface area contributed by atoms with E-state index in [1.54, 1.807) is 24.3 Å². The fourth-order valence-corrected chi connectivity index (χ4v) is 1.66. The van der Waals surface area contributed by atoms with Gasteiger partial charge in [0, 0.05) is 18.3 Å². The van der Waals surface area contributed by atoms with Crippen molar-refractivity contribution >= 4 is 23.1 Å². The van der Waals surface area contributed by atoms with Crippen LogP contribution in [0.25, 0.3) is 0 Å². The molecule has 0 saturated heterocycles. The molecule has 0 amide bonds. The lowest BCUT2D eigenvalue weighted by atomic mass is 10.2. The number of benzene rings is 2. The Morgan fingerprint density at radius 2 is 1.81 bits per heavy atom. The number of ether oxygens (including phenoxy) is 2. The van der Waals surface area contributed by atoms with Crippen LogP contribution >= 0.6 is 12.2 Å². The molecule has 2 rings (SSSR count).